The van der Waals surface area contributed by atoms with Gasteiger partial charge >= 0.3 is 0 Å². The molecule has 0 fully saturated rings. The second-order valence-corrected chi connectivity index (χ2v) is 13.2. The quantitative estimate of drug-likeness (QED) is 0.266. The first kappa shape index (κ1) is 30.0. The Morgan fingerprint density at radius 2 is 1.56 bits per heavy atom. The molecule has 4 aromatic rings. The maximum atomic E-state index is 13.5. The highest BCUT2D eigenvalue weighted by Gasteiger charge is 2.37. The van der Waals surface area contributed by atoms with Crippen molar-refractivity contribution >= 4 is 54.6 Å². The van der Waals surface area contributed by atoms with Crippen molar-refractivity contribution in [1.29, 1.82) is 0 Å². The molecule has 1 aliphatic rings. The van der Waals surface area contributed by atoms with Gasteiger partial charge in [0.25, 0.3) is 26.0 Å². The number of hydrogen-bond acceptors (Lipinski definition) is 8. The third kappa shape index (κ3) is 6.33. The highest BCUT2D eigenvalue weighted by molar-refractivity contribution is 7.93. The first-order valence-electron chi connectivity index (χ1n) is 12.7. The number of halogens is 1. The van der Waals surface area contributed by atoms with E-state index in [0.29, 0.717) is 16.5 Å². The summed E-state index contributed by atoms with van der Waals surface area (Å²) in [5.41, 5.74) is 0.751. The van der Waals surface area contributed by atoms with Gasteiger partial charge in [-0.15, -0.1) is 0 Å². The van der Waals surface area contributed by atoms with E-state index >= 15 is 0 Å². The van der Waals surface area contributed by atoms with Crippen LogP contribution >= 0.6 is 11.6 Å². The van der Waals surface area contributed by atoms with Gasteiger partial charge in [-0.05, 0) is 72.8 Å². The van der Waals surface area contributed by atoms with Crippen LogP contribution in [-0.2, 0) is 24.8 Å². The molecule has 2 N–H and O–H groups in total. The van der Waals surface area contributed by atoms with Gasteiger partial charge in [-0.3, -0.25) is 13.8 Å². The van der Waals surface area contributed by atoms with Crippen molar-refractivity contribution in [3.8, 4) is 17.2 Å². The molecule has 14 heteroatoms. The Hall–Kier alpha value is -4.46. The lowest BCUT2D eigenvalue weighted by atomic mass is 10.2. The highest BCUT2D eigenvalue weighted by atomic mass is 35.5. The average molecular weight is 644 g/mol. The van der Waals surface area contributed by atoms with Crippen LogP contribution in [0.1, 0.15) is 0 Å². The van der Waals surface area contributed by atoms with Gasteiger partial charge in [-0.1, -0.05) is 23.7 Å². The number of ether oxygens (including phenoxy) is 3. The molecule has 4 aromatic carbocycles. The van der Waals surface area contributed by atoms with E-state index in [9.17, 15) is 21.6 Å². The monoisotopic (exact) mass is 643 g/mol. The Balaban J connectivity index is 1.34. The summed E-state index contributed by atoms with van der Waals surface area (Å²) in [6, 6.07) is 22.4. The summed E-state index contributed by atoms with van der Waals surface area (Å²) in [5.74, 6) is 0.325. The molecule has 11 nitrogen and oxygen atoms in total. The number of benzene rings is 4. The lowest BCUT2D eigenvalue weighted by molar-refractivity contribution is -0.122. The molecule has 224 valence electrons. The van der Waals surface area contributed by atoms with Crippen LogP contribution in [0.25, 0.3) is 0 Å². The van der Waals surface area contributed by atoms with Gasteiger partial charge in [-0.25, -0.2) is 16.8 Å². The van der Waals surface area contributed by atoms with E-state index in [1.54, 1.807) is 36.4 Å². The molecular formula is C29H26ClN3O8S2. The number of sulfonamides is 2. The first-order chi connectivity index (χ1) is 20.5. The lowest BCUT2D eigenvalue weighted by Gasteiger charge is -2.34. The fourth-order valence-electron chi connectivity index (χ4n) is 4.34. The number of nitrogens with zero attached hydrogens (tertiary/aromatic N) is 1. The van der Waals surface area contributed by atoms with Crippen molar-refractivity contribution in [2.45, 2.75) is 15.9 Å². The van der Waals surface area contributed by atoms with Gasteiger partial charge in [-0.2, -0.15) is 0 Å². The third-order valence-corrected chi connectivity index (χ3v) is 9.94. The minimum Gasteiger partial charge on any atom is -0.497 e. The van der Waals surface area contributed by atoms with Crippen molar-refractivity contribution < 1.29 is 35.8 Å². The van der Waals surface area contributed by atoms with Crippen LogP contribution in [0.4, 0.5) is 17.1 Å². The number of nitrogens with one attached hydrogen (secondary N) is 2. The number of fused-ring (bicyclic) bond motifs is 1. The summed E-state index contributed by atoms with van der Waals surface area (Å²) < 4.78 is 73.0. The highest BCUT2D eigenvalue weighted by Crippen LogP contribution is 2.37. The van der Waals surface area contributed by atoms with Crippen LogP contribution < -0.4 is 28.6 Å². The standard InChI is InChI=1S/C29H26ClN3O8S2/c1-39-21-11-16-26(40-2)24(17-21)32-42(35,36)22-14-9-20(10-15-22)31-29(34)28-18-33(25-5-3-4-6-27(25)41-28)43(37,38)23-12-7-19(30)8-13-23/h3-17,28,32H,18H2,1-2H3,(H,31,34). The zero-order chi connectivity index (χ0) is 30.8. The normalized spacial score (nSPS) is 14.7. The van der Waals surface area contributed by atoms with Crippen molar-refractivity contribution in [3.63, 3.8) is 0 Å². The number of para-hydroxylation sites is 2. The number of carbonyl (C=O) groups excluding carboxylic acids is 1. The molecule has 1 atom stereocenters. The van der Waals surface area contributed by atoms with Crippen molar-refractivity contribution in [2.75, 3.05) is 35.1 Å². The second-order valence-electron chi connectivity index (χ2n) is 9.25. The summed E-state index contributed by atoms with van der Waals surface area (Å²) in [5, 5.41) is 3.05. The summed E-state index contributed by atoms with van der Waals surface area (Å²) in [6.07, 6.45) is -1.21. The molecule has 0 aromatic heterocycles. The van der Waals surface area contributed by atoms with E-state index in [1.807, 2.05) is 0 Å². The molecule has 0 aliphatic carbocycles. The van der Waals surface area contributed by atoms with Crippen molar-refractivity contribution in [1.82, 2.24) is 0 Å². The molecule has 1 aliphatic heterocycles. The maximum Gasteiger partial charge on any atom is 0.267 e. The fourth-order valence-corrected chi connectivity index (χ4v) is 7.00. The zero-order valence-electron chi connectivity index (χ0n) is 22.9. The van der Waals surface area contributed by atoms with Crippen LogP contribution in [0, 0.1) is 0 Å². The zero-order valence-corrected chi connectivity index (χ0v) is 25.2. The van der Waals surface area contributed by atoms with Crippen LogP contribution in [0.5, 0.6) is 17.2 Å². The first-order valence-corrected chi connectivity index (χ1v) is 16.0. The molecule has 43 heavy (non-hydrogen) atoms. The molecule has 0 saturated carbocycles. The van der Waals surface area contributed by atoms with E-state index in [1.165, 1.54) is 68.8 Å². The predicted octanol–water partition coefficient (Wildman–Crippen LogP) is 4.75. The number of anilines is 3. The Labute approximate surface area is 254 Å². The molecule has 1 heterocycles. The Morgan fingerprint density at radius 3 is 2.23 bits per heavy atom. The van der Waals surface area contributed by atoms with E-state index < -0.39 is 32.1 Å². The minimum absolute atomic E-state index is 0.00438. The second kappa shape index (κ2) is 12.0. The molecule has 0 spiro atoms. The van der Waals surface area contributed by atoms with E-state index in [-0.39, 0.29) is 39.1 Å². The number of carbonyl (C=O) groups is 1. The average Bonchev–Trinajstić information content (AvgIpc) is 3.00. The molecule has 0 bridgehead atoms. The number of amides is 1. The van der Waals surface area contributed by atoms with Gasteiger partial charge in [0.2, 0.25) is 0 Å². The molecule has 1 unspecified atom stereocenters. The minimum atomic E-state index is -4.06. The molecule has 0 saturated heterocycles. The van der Waals surface area contributed by atoms with E-state index in [4.69, 9.17) is 25.8 Å². The molecule has 1 amide bonds. The smallest absolute Gasteiger partial charge is 0.267 e. The third-order valence-electron chi connectivity index (χ3n) is 6.51. The Kier molecular flexibility index (Phi) is 8.40. The number of methoxy groups -OCH3 is 2. The summed E-state index contributed by atoms with van der Waals surface area (Å²) in [7, 11) is -5.22. The van der Waals surface area contributed by atoms with Gasteiger partial charge < -0.3 is 19.5 Å². The van der Waals surface area contributed by atoms with Crippen LogP contribution in [0.2, 0.25) is 5.02 Å². The Bertz CT molecular complexity index is 1870. The summed E-state index contributed by atoms with van der Waals surface area (Å²) in [6.45, 7) is -0.299. The lowest BCUT2D eigenvalue weighted by Crippen LogP contribution is -2.48. The van der Waals surface area contributed by atoms with Crippen LogP contribution in [0.3, 0.4) is 0 Å². The number of rotatable bonds is 9. The molecule has 0 radical (unpaired) electrons. The molecular weight excluding hydrogens is 618 g/mol. The van der Waals surface area contributed by atoms with Crippen molar-refractivity contribution in [3.05, 3.63) is 96.0 Å². The van der Waals surface area contributed by atoms with Gasteiger partial charge in [0.15, 0.2) is 6.10 Å². The van der Waals surface area contributed by atoms with Gasteiger partial charge in [0.05, 0.1) is 41.9 Å². The van der Waals surface area contributed by atoms with Crippen LogP contribution in [0.15, 0.2) is 101 Å². The maximum absolute atomic E-state index is 13.5. The van der Waals surface area contributed by atoms with Gasteiger partial charge in [0, 0.05) is 16.8 Å². The van der Waals surface area contributed by atoms with E-state index in [0.717, 1.165) is 4.31 Å². The number of hydrogen-bond donors (Lipinski definition) is 2. The fraction of sp³-hybridized carbons (Fsp3) is 0.138. The van der Waals surface area contributed by atoms with Crippen molar-refractivity contribution in [2.24, 2.45) is 0 Å². The SMILES string of the molecule is COc1ccc(OC)c(NS(=O)(=O)c2ccc(NC(=O)C3CN(S(=O)(=O)c4ccc(Cl)cc4)c4ccccc4O3)cc2)c1. The summed E-state index contributed by atoms with van der Waals surface area (Å²) in [4.78, 5) is 13.2. The van der Waals surface area contributed by atoms with Crippen LogP contribution in [-0.4, -0.2) is 49.6 Å². The van der Waals surface area contributed by atoms with Gasteiger partial charge in [0.1, 0.15) is 17.2 Å². The van der Waals surface area contributed by atoms with E-state index in [2.05, 4.69) is 10.0 Å². The predicted molar refractivity (Wildman–Crippen MR) is 162 cm³/mol. The topological polar surface area (TPSA) is 140 Å². The molecule has 5 rings (SSSR count). The summed E-state index contributed by atoms with van der Waals surface area (Å²) >= 11 is 5.94. The largest absolute Gasteiger partial charge is 0.497 e. The Morgan fingerprint density at radius 1 is 0.884 bits per heavy atom.